The summed E-state index contributed by atoms with van der Waals surface area (Å²) >= 11 is 0. The Morgan fingerprint density at radius 2 is 1.80 bits per heavy atom. The van der Waals surface area contributed by atoms with Crippen LogP contribution in [0.2, 0.25) is 0 Å². The van der Waals surface area contributed by atoms with Crippen molar-refractivity contribution in [3.8, 4) is 0 Å². The van der Waals surface area contributed by atoms with E-state index in [0.29, 0.717) is 18.0 Å². The van der Waals surface area contributed by atoms with Gasteiger partial charge in [0.25, 0.3) is 5.56 Å². The fourth-order valence-electron chi connectivity index (χ4n) is 3.42. The predicted octanol–water partition coefficient (Wildman–Crippen LogP) is 3.78. The van der Waals surface area contributed by atoms with Gasteiger partial charge in [0.05, 0.1) is 5.56 Å². The molecule has 0 radical (unpaired) electrons. The minimum atomic E-state index is -4.32. The van der Waals surface area contributed by atoms with E-state index in [1.807, 2.05) is 6.07 Å². The molecular weight excluding hydrogens is 329 g/mol. The number of alkyl halides is 3. The summed E-state index contributed by atoms with van der Waals surface area (Å²) in [7, 11) is 1.72. The lowest BCUT2D eigenvalue weighted by molar-refractivity contribution is -0.138. The first kappa shape index (κ1) is 17.7. The lowest BCUT2D eigenvalue weighted by atomic mass is 9.89. The average Bonchev–Trinajstić information content (AvgIpc) is 2.58. The highest BCUT2D eigenvalue weighted by molar-refractivity contribution is 5.29. The Labute approximate surface area is 144 Å². The van der Waals surface area contributed by atoms with Crippen LogP contribution in [0.5, 0.6) is 0 Å². The Balaban J connectivity index is 1.65. The second kappa shape index (κ2) is 7.04. The lowest BCUT2D eigenvalue weighted by Gasteiger charge is -2.32. The Morgan fingerprint density at radius 3 is 2.44 bits per heavy atom. The number of piperidine rings is 1. The van der Waals surface area contributed by atoms with Crippen LogP contribution in [-0.4, -0.2) is 22.6 Å². The van der Waals surface area contributed by atoms with Gasteiger partial charge in [0.1, 0.15) is 0 Å². The quantitative estimate of drug-likeness (QED) is 0.842. The van der Waals surface area contributed by atoms with E-state index in [4.69, 9.17) is 0 Å². The molecule has 0 spiro atoms. The van der Waals surface area contributed by atoms with Crippen LogP contribution in [0.4, 0.5) is 13.2 Å². The van der Waals surface area contributed by atoms with E-state index in [-0.39, 0.29) is 5.56 Å². The van der Waals surface area contributed by atoms with Gasteiger partial charge in [0, 0.05) is 25.9 Å². The zero-order chi connectivity index (χ0) is 18.0. The molecule has 2 aromatic rings. The molecule has 1 aromatic heterocycles. The Bertz CT molecular complexity index is 790. The van der Waals surface area contributed by atoms with Crippen LogP contribution >= 0.6 is 0 Å². The molecule has 0 bridgehead atoms. The van der Waals surface area contributed by atoms with Crippen LogP contribution in [0, 0.1) is 0 Å². The van der Waals surface area contributed by atoms with E-state index in [1.54, 1.807) is 31.4 Å². The maximum Gasteiger partial charge on any atom is 0.416 e. The molecule has 0 atom stereocenters. The molecule has 0 saturated carbocycles. The highest BCUT2D eigenvalue weighted by atomic mass is 19.4. The highest BCUT2D eigenvalue weighted by Gasteiger charge is 2.33. The van der Waals surface area contributed by atoms with Crippen molar-refractivity contribution in [1.29, 1.82) is 0 Å². The fraction of sp³-hybridized carbons (Fsp3) is 0.421. The average molecular weight is 350 g/mol. The van der Waals surface area contributed by atoms with Crippen LogP contribution in [0.3, 0.4) is 0 Å². The van der Waals surface area contributed by atoms with E-state index in [0.717, 1.165) is 37.6 Å². The number of benzene rings is 1. The zero-order valence-electron chi connectivity index (χ0n) is 14.1. The molecule has 0 aliphatic carbocycles. The van der Waals surface area contributed by atoms with E-state index in [1.165, 1.54) is 10.6 Å². The third kappa shape index (κ3) is 4.12. The van der Waals surface area contributed by atoms with Crippen LogP contribution in [-0.2, 0) is 19.8 Å². The number of rotatable bonds is 3. The molecule has 134 valence electrons. The highest BCUT2D eigenvalue weighted by Crippen LogP contribution is 2.33. The predicted molar refractivity (Wildman–Crippen MR) is 90.4 cm³/mol. The Hall–Kier alpha value is -2.08. The maximum absolute atomic E-state index is 13.1. The normalized spacial score (nSPS) is 17.0. The maximum atomic E-state index is 13.1. The second-order valence-corrected chi connectivity index (χ2v) is 6.61. The first-order chi connectivity index (χ1) is 11.8. The van der Waals surface area contributed by atoms with Crippen molar-refractivity contribution in [2.75, 3.05) is 13.1 Å². The molecule has 0 amide bonds. The lowest BCUT2D eigenvalue weighted by Crippen LogP contribution is -2.33. The summed E-state index contributed by atoms with van der Waals surface area (Å²) in [6.07, 6.45) is -0.856. The molecule has 3 rings (SSSR count). The van der Waals surface area contributed by atoms with Gasteiger partial charge in [-0.2, -0.15) is 13.2 Å². The van der Waals surface area contributed by atoms with Crippen molar-refractivity contribution in [2.45, 2.75) is 31.5 Å². The SMILES string of the molecule is Cn1ccc(C2CCN(Cc3ccccc3C(F)(F)F)CC2)cc1=O. The summed E-state index contributed by atoms with van der Waals surface area (Å²) in [5.41, 5.74) is 0.767. The van der Waals surface area contributed by atoms with Crippen molar-refractivity contribution in [1.82, 2.24) is 9.47 Å². The molecule has 1 aliphatic heterocycles. The van der Waals surface area contributed by atoms with Gasteiger partial charge in [0.2, 0.25) is 0 Å². The first-order valence-electron chi connectivity index (χ1n) is 8.38. The monoisotopic (exact) mass is 350 g/mol. The molecule has 0 N–H and O–H groups in total. The first-order valence-corrected chi connectivity index (χ1v) is 8.38. The Morgan fingerprint density at radius 1 is 1.12 bits per heavy atom. The number of aromatic nitrogens is 1. The third-order valence-electron chi connectivity index (χ3n) is 4.90. The third-order valence-corrected chi connectivity index (χ3v) is 4.90. The van der Waals surface area contributed by atoms with Crippen molar-refractivity contribution >= 4 is 0 Å². The summed E-state index contributed by atoms with van der Waals surface area (Å²) < 4.78 is 40.9. The fourth-order valence-corrected chi connectivity index (χ4v) is 3.42. The van der Waals surface area contributed by atoms with Gasteiger partial charge >= 0.3 is 6.18 Å². The molecule has 2 heterocycles. The number of nitrogens with zero attached hydrogens (tertiary/aromatic N) is 2. The van der Waals surface area contributed by atoms with Gasteiger partial charge < -0.3 is 4.57 Å². The van der Waals surface area contributed by atoms with Crippen LogP contribution in [0.25, 0.3) is 0 Å². The smallest absolute Gasteiger partial charge is 0.319 e. The van der Waals surface area contributed by atoms with Gasteiger partial charge in [-0.05, 0) is 55.1 Å². The summed E-state index contributed by atoms with van der Waals surface area (Å²) in [5.74, 6) is 0.294. The topological polar surface area (TPSA) is 25.2 Å². The number of pyridine rings is 1. The van der Waals surface area contributed by atoms with Gasteiger partial charge in [-0.1, -0.05) is 18.2 Å². The summed E-state index contributed by atoms with van der Waals surface area (Å²) in [6.45, 7) is 1.76. The van der Waals surface area contributed by atoms with Crippen LogP contribution in [0.15, 0.2) is 47.4 Å². The van der Waals surface area contributed by atoms with E-state index in [9.17, 15) is 18.0 Å². The van der Waals surface area contributed by atoms with Gasteiger partial charge in [-0.15, -0.1) is 0 Å². The van der Waals surface area contributed by atoms with Gasteiger partial charge in [0.15, 0.2) is 0 Å². The summed E-state index contributed by atoms with van der Waals surface area (Å²) in [5, 5.41) is 0. The molecule has 1 fully saturated rings. The van der Waals surface area contributed by atoms with Gasteiger partial charge in [-0.3, -0.25) is 9.69 Å². The second-order valence-electron chi connectivity index (χ2n) is 6.61. The number of aryl methyl sites for hydroxylation is 1. The van der Waals surface area contributed by atoms with Crippen LogP contribution < -0.4 is 5.56 Å². The van der Waals surface area contributed by atoms with Crippen molar-refractivity contribution in [3.05, 3.63) is 69.6 Å². The summed E-state index contributed by atoms with van der Waals surface area (Å²) in [4.78, 5) is 13.8. The molecule has 6 heteroatoms. The molecule has 25 heavy (non-hydrogen) atoms. The number of hydrogen-bond donors (Lipinski definition) is 0. The minimum Gasteiger partial charge on any atom is -0.319 e. The number of hydrogen-bond acceptors (Lipinski definition) is 2. The standard InChI is InChI=1S/C19H21F3N2O/c1-23-9-6-15(12-18(23)25)14-7-10-24(11-8-14)13-16-4-2-3-5-17(16)19(20,21)22/h2-6,9,12,14H,7-8,10-11,13H2,1H3. The van der Waals surface area contributed by atoms with Crippen molar-refractivity contribution in [3.63, 3.8) is 0 Å². The minimum absolute atomic E-state index is 0.0287. The molecule has 1 aromatic carbocycles. The Kier molecular flexibility index (Phi) is 4.99. The number of likely N-dealkylation sites (tertiary alicyclic amines) is 1. The van der Waals surface area contributed by atoms with Crippen molar-refractivity contribution < 1.29 is 13.2 Å². The van der Waals surface area contributed by atoms with Crippen LogP contribution in [0.1, 0.15) is 35.4 Å². The molecule has 1 saturated heterocycles. The molecule has 3 nitrogen and oxygen atoms in total. The van der Waals surface area contributed by atoms with E-state index >= 15 is 0 Å². The molecule has 0 unspecified atom stereocenters. The largest absolute Gasteiger partial charge is 0.416 e. The molecular formula is C19H21F3N2O. The molecule has 1 aliphatic rings. The zero-order valence-corrected chi connectivity index (χ0v) is 14.1. The summed E-state index contributed by atoms with van der Waals surface area (Å²) in [6, 6.07) is 9.39. The van der Waals surface area contributed by atoms with E-state index in [2.05, 4.69) is 4.90 Å². The van der Waals surface area contributed by atoms with E-state index < -0.39 is 11.7 Å². The van der Waals surface area contributed by atoms with Gasteiger partial charge in [-0.25, -0.2) is 0 Å². The number of halogens is 3. The van der Waals surface area contributed by atoms with Crippen molar-refractivity contribution in [2.24, 2.45) is 7.05 Å².